The van der Waals surface area contributed by atoms with E-state index in [-0.39, 0.29) is 11.9 Å². The topological polar surface area (TPSA) is 75.4 Å². The van der Waals surface area contributed by atoms with Crippen LogP contribution in [0.5, 0.6) is 0 Å². The predicted octanol–water partition coefficient (Wildman–Crippen LogP) is 0.110. The summed E-state index contributed by atoms with van der Waals surface area (Å²) in [4.78, 5) is 24.7. The summed E-state index contributed by atoms with van der Waals surface area (Å²) in [5.41, 5.74) is 6.36. The van der Waals surface area contributed by atoms with Crippen LogP contribution in [-0.4, -0.2) is 31.4 Å². The summed E-state index contributed by atoms with van der Waals surface area (Å²) in [5.74, 6) is -0.446. The van der Waals surface area contributed by atoms with E-state index in [2.05, 4.69) is 5.32 Å². The Morgan fingerprint density at radius 1 is 1.53 bits per heavy atom. The molecule has 1 heterocycles. The predicted molar refractivity (Wildman–Crippen MR) is 64.8 cm³/mol. The Bertz CT molecular complexity index is 459. The number of nitrogens with one attached hydrogen (secondary N) is 1. The molecule has 1 aromatic rings. The van der Waals surface area contributed by atoms with E-state index in [0.29, 0.717) is 12.1 Å². The zero-order chi connectivity index (χ0) is 12.4. The number of nitrogens with two attached hydrogens (primary N) is 1. The maximum atomic E-state index is 12.0. The number of carbonyl (C=O) groups excluding carboxylic acids is 2. The van der Waals surface area contributed by atoms with Crippen LogP contribution in [-0.2, 0) is 4.79 Å². The van der Waals surface area contributed by atoms with E-state index in [1.54, 1.807) is 30.1 Å². The van der Waals surface area contributed by atoms with Gasteiger partial charge in [0.1, 0.15) is 0 Å². The van der Waals surface area contributed by atoms with Gasteiger partial charge in [0.05, 0.1) is 6.04 Å². The van der Waals surface area contributed by atoms with Gasteiger partial charge in [-0.2, -0.15) is 0 Å². The quantitative estimate of drug-likeness (QED) is 0.778. The standard InChI is InChI=1S/C12H15N3O2/c1-14-10-5-6-15(12(10)17)9-4-2-3-8(7-9)11(13)16/h2-4,7,10,14H,5-6H2,1H3,(H2,13,16). The highest BCUT2D eigenvalue weighted by atomic mass is 16.2. The van der Waals surface area contributed by atoms with Gasteiger partial charge in [0.25, 0.3) is 0 Å². The summed E-state index contributed by atoms with van der Waals surface area (Å²) in [6.07, 6.45) is 0.774. The molecule has 1 aromatic carbocycles. The number of anilines is 1. The Morgan fingerprint density at radius 2 is 2.29 bits per heavy atom. The van der Waals surface area contributed by atoms with Crippen LogP contribution in [0.1, 0.15) is 16.8 Å². The Labute approximate surface area is 99.6 Å². The van der Waals surface area contributed by atoms with Gasteiger partial charge < -0.3 is 16.0 Å². The largest absolute Gasteiger partial charge is 0.366 e. The second-order valence-corrected chi connectivity index (χ2v) is 4.03. The molecule has 0 aromatic heterocycles. The number of hydrogen-bond donors (Lipinski definition) is 2. The second-order valence-electron chi connectivity index (χ2n) is 4.03. The first-order chi connectivity index (χ1) is 8.13. The molecule has 17 heavy (non-hydrogen) atoms. The third-order valence-electron chi connectivity index (χ3n) is 3.00. The zero-order valence-corrected chi connectivity index (χ0v) is 9.64. The maximum absolute atomic E-state index is 12.0. The van der Waals surface area contributed by atoms with Gasteiger partial charge in [0, 0.05) is 17.8 Å². The first kappa shape index (κ1) is 11.6. The fourth-order valence-electron chi connectivity index (χ4n) is 2.03. The van der Waals surface area contributed by atoms with E-state index in [1.165, 1.54) is 0 Å². The fraction of sp³-hybridized carbons (Fsp3) is 0.333. The van der Waals surface area contributed by atoms with Crippen molar-refractivity contribution in [3.8, 4) is 0 Å². The normalized spacial score (nSPS) is 19.7. The summed E-state index contributed by atoms with van der Waals surface area (Å²) in [6.45, 7) is 0.659. The third-order valence-corrected chi connectivity index (χ3v) is 3.00. The van der Waals surface area contributed by atoms with E-state index in [9.17, 15) is 9.59 Å². The van der Waals surface area contributed by atoms with Crippen LogP contribution in [0.3, 0.4) is 0 Å². The summed E-state index contributed by atoms with van der Waals surface area (Å²) < 4.78 is 0. The van der Waals surface area contributed by atoms with Crippen molar-refractivity contribution >= 4 is 17.5 Å². The van der Waals surface area contributed by atoms with Crippen molar-refractivity contribution in [2.45, 2.75) is 12.5 Å². The van der Waals surface area contributed by atoms with Crippen LogP contribution in [0, 0.1) is 0 Å². The molecule has 0 saturated carbocycles. The number of amides is 2. The Morgan fingerprint density at radius 3 is 2.88 bits per heavy atom. The van der Waals surface area contributed by atoms with E-state index >= 15 is 0 Å². The van der Waals surface area contributed by atoms with Crippen LogP contribution >= 0.6 is 0 Å². The molecular weight excluding hydrogens is 218 g/mol. The second kappa shape index (κ2) is 4.55. The first-order valence-electron chi connectivity index (χ1n) is 5.52. The molecule has 0 spiro atoms. The lowest BCUT2D eigenvalue weighted by molar-refractivity contribution is -0.118. The maximum Gasteiger partial charge on any atom is 0.248 e. The number of carbonyl (C=O) groups is 2. The smallest absolute Gasteiger partial charge is 0.248 e. The average molecular weight is 233 g/mol. The first-order valence-corrected chi connectivity index (χ1v) is 5.52. The number of primary amides is 1. The fourth-order valence-corrected chi connectivity index (χ4v) is 2.03. The average Bonchev–Trinajstić information content (AvgIpc) is 2.70. The molecule has 1 unspecified atom stereocenters. The minimum absolute atomic E-state index is 0.0362. The van der Waals surface area contributed by atoms with E-state index < -0.39 is 5.91 Å². The number of benzene rings is 1. The van der Waals surface area contributed by atoms with Crippen molar-refractivity contribution in [2.24, 2.45) is 5.73 Å². The molecule has 0 radical (unpaired) electrons. The summed E-state index contributed by atoms with van der Waals surface area (Å²) in [6, 6.07) is 6.70. The van der Waals surface area contributed by atoms with Gasteiger partial charge in [-0.05, 0) is 31.7 Å². The number of likely N-dealkylation sites (N-methyl/N-ethyl adjacent to an activating group) is 1. The SMILES string of the molecule is CNC1CCN(c2cccc(C(N)=O)c2)C1=O. The molecule has 1 aliphatic heterocycles. The monoisotopic (exact) mass is 233 g/mol. The van der Waals surface area contributed by atoms with E-state index in [4.69, 9.17) is 5.73 Å². The number of rotatable bonds is 3. The highest BCUT2D eigenvalue weighted by molar-refractivity contribution is 6.01. The molecule has 1 aliphatic rings. The summed E-state index contributed by atoms with van der Waals surface area (Å²) in [7, 11) is 1.77. The highest BCUT2D eigenvalue weighted by Gasteiger charge is 2.31. The molecule has 1 fully saturated rings. The van der Waals surface area contributed by atoms with Gasteiger partial charge in [-0.3, -0.25) is 9.59 Å². The molecule has 90 valence electrons. The third kappa shape index (κ3) is 2.14. The number of hydrogen-bond acceptors (Lipinski definition) is 3. The van der Waals surface area contributed by atoms with Gasteiger partial charge in [0.15, 0.2) is 0 Å². The Hall–Kier alpha value is -1.88. The van der Waals surface area contributed by atoms with Crippen molar-refractivity contribution in [1.29, 1.82) is 0 Å². The molecule has 2 rings (SSSR count). The van der Waals surface area contributed by atoms with Crippen molar-refractivity contribution in [3.05, 3.63) is 29.8 Å². The lowest BCUT2D eigenvalue weighted by Gasteiger charge is -2.17. The Kier molecular flexibility index (Phi) is 3.10. The molecule has 0 bridgehead atoms. The van der Waals surface area contributed by atoms with Crippen molar-refractivity contribution in [3.63, 3.8) is 0 Å². The molecular formula is C12H15N3O2. The van der Waals surface area contributed by atoms with Crippen LogP contribution in [0.25, 0.3) is 0 Å². The zero-order valence-electron chi connectivity index (χ0n) is 9.64. The van der Waals surface area contributed by atoms with Gasteiger partial charge in [-0.25, -0.2) is 0 Å². The van der Waals surface area contributed by atoms with Crippen molar-refractivity contribution < 1.29 is 9.59 Å². The van der Waals surface area contributed by atoms with Gasteiger partial charge >= 0.3 is 0 Å². The van der Waals surface area contributed by atoms with Gasteiger partial charge in [-0.15, -0.1) is 0 Å². The molecule has 1 atom stereocenters. The van der Waals surface area contributed by atoms with Crippen LogP contribution in [0.2, 0.25) is 0 Å². The molecule has 1 saturated heterocycles. The summed E-state index contributed by atoms with van der Waals surface area (Å²) in [5, 5.41) is 2.97. The highest BCUT2D eigenvalue weighted by Crippen LogP contribution is 2.22. The van der Waals surface area contributed by atoms with Crippen LogP contribution < -0.4 is 16.0 Å². The molecule has 0 aliphatic carbocycles. The van der Waals surface area contributed by atoms with Gasteiger partial charge in [0.2, 0.25) is 11.8 Å². The van der Waals surface area contributed by atoms with Crippen molar-refractivity contribution in [1.82, 2.24) is 5.32 Å². The minimum Gasteiger partial charge on any atom is -0.366 e. The van der Waals surface area contributed by atoms with E-state index in [0.717, 1.165) is 12.1 Å². The lowest BCUT2D eigenvalue weighted by atomic mass is 10.2. The van der Waals surface area contributed by atoms with Crippen molar-refractivity contribution in [2.75, 3.05) is 18.5 Å². The molecule has 3 N–H and O–H groups in total. The van der Waals surface area contributed by atoms with Crippen LogP contribution in [0.4, 0.5) is 5.69 Å². The minimum atomic E-state index is -0.483. The number of nitrogens with zero attached hydrogens (tertiary/aromatic N) is 1. The van der Waals surface area contributed by atoms with Crippen LogP contribution in [0.15, 0.2) is 24.3 Å². The Balaban J connectivity index is 2.26. The summed E-state index contributed by atoms with van der Waals surface area (Å²) >= 11 is 0. The lowest BCUT2D eigenvalue weighted by Crippen LogP contribution is -2.36. The molecule has 5 heteroatoms. The molecule has 5 nitrogen and oxygen atoms in total. The van der Waals surface area contributed by atoms with Gasteiger partial charge in [-0.1, -0.05) is 6.07 Å². The van der Waals surface area contributed by atoms with E-state index in [1.807, 2.05) is 6.07 Å². The molecule has 2 amide bonds.